The van der Waals surface area contributed by atoms with Crippen molar-refractivity contribution in [1.82, 2.24) is 0 Å². The van der Waals surface area contributed by atoms with Crippen LogP contribution >= 0.6 is 7.60 Å². The van der Waals surface area contributed by atoms with Crippen LogP contribution in [0.4, 0.5) is 0 Å². The Morgan fingerprint density at radius 1 is 1.04 bits per heavy atom. The summed E-state index contributed by atoms with van der Waals surface area (Å²) in [5.74, 6) is -7.96. The maximum atomic E-state index is 11.0. The van der Waals surface area contributed by atoms with Gasteiger partial charge in [0.1, 0.15) is 0 Å². The Kier molecular flexibility index (Phi) is 21.6. The van der Waals surface area contributed by atoms with Crippen molar-refractivity contribution in [3.63, 3.8) is 0 Å². The van der Waals surface area contributed by atoms with Crippen molar-refractivity contribution < 1.29 is 102 Å². The summed E-state index contributed by atoms with van der Waals surface area (Å²) >= 11 is 0. The molecule has 0 saturated carbocycles. The first kappa shape index (κ1) is 35.9. The molecule has 6 N–H and O–H groups in total. The first-order chi connectivity index (χ1) is 9.79. The zero-order valence-corrected chi connectivity index (χ0v) is 17.2. The maximum absolute atomic E-state index is 11.0. The van der Waals surface area contributed by atoms with Gasteiger partial charge in [0.25, 0.3) is 5.41 Å². The molecule has 25 heavy (non-hydrogen) atoms. The van der Waals surface area contributed by atoms with Gasteiger partial charge in [0.05, 0.1) is 5.66 Å². The Balaban J connectivity index is -0.000000147. The van der Waals surface area contributed by atoms with Gasteiger partial charge in [-0.25, -0.2) is 4.79 Å². The van der Waals surface area contributed by atoms with E-state index < -0.39 is 49.0 Å². The molecule has 0 amide bonds. The van der Waals surface area contributed by atoms with Crippen molar-refractivity contribution >= 4 is 48.8 Å². The SMILES string of the molecule is C=CC(=O)O.CCC(C(C(=O)O)(C(=O)O)C(=O)O)P(=O)(O)O.[AlH3].[Ti].[Zr]. The number of carbonyl (C=O) groups is 4. The van der Waals surface area contributed by atoms with Crippen LogP contribution < -0.4 is 0 Å². The molecule has 1 atom stereocenters. The molecule has 140 valence electrons. The topological polar surface area (TPSA) is 207 Å². The number of carboxylic acids is 4. The van der Waals surface area contributed by atoms with Gasteiger partial charge in [0, 0.05) is 54.0 Å². The van der Waals surface area contributed by atoms with Gasteiger partial charge >= 0.3 is 31.5 Å². The summed E-state index contributed by atoms with van der Waals surface area (Å²) in [4.78, 5) is 59.6. The van der Waals surface area contributed by atoms with Crippen molar-refractivity contribution in [2.75, 3.05) is 0 Å². The summed E-state index contributed by atoms with van der Waals surface area (Å²) in [5.41, 5.74) is -5.91. The van der Waals surface area contributed by atoms with Gasteiger partial charge in [0.15, 0.2) is 17.4 Å². The Bertz CT molecular complexity index is 499. The van der Waals surface area contributed by atoms with E-state index in [0.717, 1.165) is 13.0 Å². The van der Waals surface area contributed by atoms with E-state index in [0.29, 0.717) is 0 Å². The fourth-order valence-electron chi connectivity index (χ4n) is 1.50. The third-order valence-corrected chi connectivity index (χ3v) is 4.04. The van der Waals surface area contributed by atoms with Crippen molar-refractivity contribution in [2.24, 2.45) is 5.41 Å². The quantitative estimate of drug-likeness (QED) is 0.0978. The monoisotopic (exact) mass is 510 g/mol. The van der Waals surface area contributed by atoms with E-state index in [1.165, 1.54) is 0 Å². The number of hydrogen-bond donors (Lipinski definition) is 6. The molecular weight excluding hydrogens is 493 g/mol. The summed E-state index contributed by atoms with van der Waals surface area (Å²) < 4.78 is 11.0. The molecule has 0 aromatic heterocycles. The van der Waals surface area contributed by atoms with Gasteiger partial charge in [-0.1, -0.05) is 13.5 Å². The van der Waals surface area contributed by atoms with E-state index in [2.05, 4.69) is 6.58 Å². The fourth-order valence-corrected chi connectivity index (χ4v) is 2.81. The second-order valence-corrected chi connectivity index (χ2v) is 5.58. The zero-order valence-electron chi connectivity index (χ0n) is 12.2. The first-order valence-electron chi connectivity index (χ1n) is 5.40. The van der Waals surface area contributed by atoms with Crippen molar-refractivity contribution in [1.29, 1.82) is 0 Å². The van der Waals surface area contributed by atoms with Gasteiger partial charge in [-0.05, 0) is 6.42 Å². The molecule has 0 bridgehead atoms. The normalized spacial score (nSPS) is 10.8. The Morgan fingerprint density at radius 3 is 1.32 bits per heavy atom. The van der Waals surface area contributed by atoms with Crippen LogP contribution in [0.5, 0.6) is 0 Å². The summed E-state index contributed by atoms with van der Waals surface area (Å²) in [5, 5.41) is 33.8. The molecular formula is C10H18AlO11PTiZr. The van der Waals surface area contributed by atoms with Crippen LogP contribution in [0.1, 0.15) is 13.3 Å². The number of carboxylic acid groups (broad SMARTS) is 4. The molecule has 0 fully saturated rings. The van der Waals surface area contributed by atoms with Gasteiger partial charge < -0.3 is 30.2 Å². The minimum atomic E-state index is -5.20. The van der Waals surface area contributed by atoms with Crippen LogP contribution in [0.25, 0.3) is 0 Å². The number of rotatable bonds is 7. The molecule has 0 aromatic carbocycles. The Labute approximate surface area is 186 Å². The third-order valence-electron chi connectivity index (χ3n) is 2.48. The van der Waals surface area contributed by atoms with Crippen LogP contribution in [-0.4, -0.2) is 77.1 Å². The standard InChI is InChI=1S/C7H11O9P.C3H4O2.Al.Ti.Zr.3H/c1-2-3(17(14,15)16)7(4(8)9,5(10)11)6(12)13;1-2-3(4)5;;;;;;/h3H,2H2,1H3,(H,8,9)(H,10,11)(H,12,13)(H2,14,15,16);2H,1H2,(H,4,5);;;;;;. The molecule has 0 rings (SSSR count). The molecule has 0 saturated heterocycles. The van der Waals surface area contributed by atoms with Crippen molar-refractivity contribution in [3.8, 4) is 0 Å². The summed E-state index contributed by atoms with van der Waals surface area (Å²) in [6.45, 7) is 4.05. The molecule has 0 aliphatic carbocycles. The molecule has 0 aromatic rings. The second kappa shape index (κ2) is 15.0. The largest absolute Gasteiger partial charge is 0.480 e. The van der Waals surface area contributed by atoms with Crippen molar-refractivity contribution in [3.05, 3.63) is 12.7 Å². The van der Waals surface area contributed by atoms with Gasteiger partial charge in [-0.15, -0.1) is 0 Å². The predicted molar refractivity (Wildman–Crippen MR) is 79.2 cm³/mol. The first-order valence-corrected chi connectivity index (χ1v) is 7.08. The van der Waals surface area contributed by atoms with Crippen LogP contribution in [0.2, 0.25) is 0 Å². The second-order valence-electron chi connectivity index (χ2n) is 3.78. The predicted octanol–water partition coefficient (Wildman–Crippen LogP) is -1.75. The fraction of sp³-hybridized carbons (Fsp3) is 0.400. The minimum absolute atomic E-state index is 0. The van der Waals surface area contributed by atoms with E-state index in [1.807, 2.05) is 0 Å². The number of hydrogen-bond acceptors (Lipinski definition) is 5. The Hall–Kier alpha value is -0.100. The average molecular weight is 511 g/mol. The maximum Gasteiger partial charge on any atom is 0.333 e. The van der Waals surface area contributed by atoms with E-state index in [9.17, 15) is 23.7 Å². The molecule has 0 aliphatic rings. The molecule has 0 aliphatic heterocycles. The van der Waals surface area contributed by atoms with E-state index in [-0.39, 0.29) is 65.3 Å². The molecule has 15 heteroatoms. The minimum Gasteiger partial charge on any atom is -0.480 e. The zero-order chi connectivity index (χ0) is 18.3. The molecule has 0 heterocycles. The summed E-state index contributed by atoms with van der Waals surface area (Å²) in [7, 11) is -5.20. The summed E-state index contributed by atoms with van der Waals surface area (Å²) in [6, 6.07) is 0. The van der Waals surface area contributed by atoms with Crippen LogP contribution in [0, 0.1) is 5.41 Å². The molecule has 1 unspecified atom stereocenters. The Morgan fingerprint density at radius 2 is 1.28 bits per heavy atom. The molecule has 11 nitrogen and oxygen atoms in total. The summed E-state index contributed by atoms with van der Waals surface area (Å²) in [6.07, 6.45) is 0.217. The van der Waals surface area contributed by atoms with E-state index >= 15 is 0 Å². The van der Waals surface area contributed by atoms with Gasteiger partial charge in [-0.2, -0.15) is 0 Å². The number of aliphatic carboxylic acids is 4. The van der Waals surface area contributed by atoms with E-state index in [4.69, 9.17) is 30.2 Å². The van der Waals surface area contributed by atoms with Gasteiger partial charge in [0.2, 0.25) is 0 Å². The van der Waals surface area contributed by atoms with Crippen LogP contribution in [-0.2, 0) is 71.7 Å². The van der Waals surface area contributed by atoms with Gasteiger partial charge in [-0.3, -0.25) is 18.9 Å². The smallest absolute Gasteiger partial charge is 0.333 e. The van der Waals surface area contributed by atoms with Crippen molar-refractivity contribution in [2.45, 2.75) is 19.0 Å². The third kappa shape index (κ3) is 9.97. The van der Waals surface area contributed by atoms with Crippen LogP contribution in [0.15, 0.2) is 12.7 Å². The molecule has 0 radical (unpaired) electrons. The molecule has 0 spiro atoms. The van der Waals surface area contributed by atoms with Crippen LogP contribution in [0.3, 0.4) is 0 Å². The average Bonchev–Trinajstić information content (AvgIpc) is 2.33. The van der Waals surface area contributed by atoms with E-state index in [1.54, 1.807) is 0 Å².